The molecule has 112 valence electrons. The van der Waals surface area contributed by atoms with E-state index in [9.17, 15) is 10.5 Å². The zero-order chi connectivity index (χ0) is 16.6. The second-order valence-corrected chi connectivity index (χ2v) is 8.26. The molecule has 0 aliphatic rings. The van der Waals surface area contributed by atoms with E-state index < -0.39 is 0 Å². The second-order valence-electron chi connectivity index (χ2n) is 5.40. The summed E-state index contributed by atoms with van der Waals surface area (Å²) in [7, 11) is 0. The van der Waals surface area contributed by atoms with Crippen LogP contribution in [0.15, 0.2) is 0 Å². The van der Waals surface area contributed by atoms with E-state index in [4.69, 9.17) is 0 Å². The van der Waals surface area contributed by atoms with Gasteiger partial charge in [-0.05, 0) is 52.7 Å². The highest BCUT2D eigenvalue weighted by molar-refractivity contribution is 7.12. The van der Waals surface area contributed by atoms with Gasteiger partial charge in [0.25, 0.3) is 0 Å². The molecule has 0 spiro atoms. The summed E-state index contributed by atoms with van der Waals surface area (Å²) < 4.78 is 0. The van der Waals surface area contributed by atoms with E-state index in [1.807, 2.05) is 27.7 Å². The van der Waals surface area contributed by atoms with Crippen LogP contribution in [-0.4, -0.2) is 0 Å². The molecule has 0 radical (unpaired) electrons. The summed E-state index contributed by atoms with van der Waals surface area (Å²) in [4.78, 5) is 4.60. The molecule has 0 bridgehead atoms. The summed E-state index contributed by atoms with van der Waals surface area (Å²) in [5.74, 6) is 0. The monoisotopic (exact) mass is 326 g/mol. The molecule has 0 aliphatic heterocycles. The predicted molar refractivity (Wildman–Crippen MR) is 95.1 cm³/mol. The Bertz CT molecular complexity index is 792. The van der Waals surface area contributed by atoms with Crippen molar-refractivity contribution in [2.45, 2.75) is 41.5 Å². The molecule has 0 aliphatic carbocycles. The van der Waals surface area contributed by atoms with Crippen molar-refractivity contribution in [1.29, 1.82) is 10.5 Å². The fraction of sp³-hybridized carbons (Fsp3) is 0.333. The maximum Gasteiger partial charge on any atom is 0.101 e. The third kappa shape index (κ3) is 2.50. The van der Waals surface area contributed by atoms with E-state index in [0.29, 0.717) is 11.1 Å². The van der Waals surface area contributed by atoms with Gasteiger partial charge in [-0.2, -0.15) is 10.5 Å². The fourth-order valence-electron chi connectivity index (χ4n) is 2.80. The highest BCUT2D eigenvalue weighted by Crippen LogP contribution is 2.39. The van der Waals surface area contributed by atoms with E-state index in [1.165, 1.54) is 9.75 Å². The van der Waals surface area contributed by atoms with Crippen molar-refractivity contribution in [3.8, 4) is 12.1 Å². The molecular formula is C18H18N2S2. The topological polar surface area (TPSA) is 47.6 Å². The Morgan fingerprint density at radius 2 is 0.955 bits per heavy atom. The van der Waals surface area contributed by atoms with Gasteiger partial charge in [-0.15, -0.1) is 22.7 Å². The number of thiophene rings is 2. The van der Waals surface area contributed by atoms with E-state index in [-0.39, 0.29) is 0 Å². The van der Waals surface area contributed by atoms with Gasteiger partial charge in [-0.25, -0.2) is 0 Å². The minimum atomic E-state index is 0.505. The summed E-state index contributed by atoms with van der Waals surface area (Å²) in [6.07, 6.45) is 0. The van der Waals surface area contributed by atoms with Crippen molar-refractivity contribution in [2.75, 3.05) is 0 Å². The molecular weight excluding hydrogens is 308 g/mol. The van der Waals surface area contributed by atoms with E-state index in [2.05, 4.69) is 26.0 Å². The normalized spacial score (nSPS) is 11.8. The fourth-order valence-corrected chi connectivity index (χ4v) is 4.94. The summed E-state index contributed by atoms with van der Waals surface area (Å²) in [5.41, 5.74) is 5.09. The molecule has 2 aromatic heterocycles. The van der Waals surface area contributed by atoms with Crippen LogP contribution in [0, 0.1) is 64.2 Å². The van der Waals surface area contributed by atoms with Gasteiger partial charge in [0, 0.05) is 30.6 Å². The maximum atomic E-state index is 9.74. The molecule has 2 aromatic rings. The summed E-state index contributed by atoms with van der Waals surface area (Å²) in [5, 5.41) is 19.5. The quantitative estimate of drug-likeness (QED) is 0.673. The minimum Gasteiger partial charge on any atom is -0.192 e. The average molecular weight is 326 g/mol. The first kappa shape index (κ1) is 16.5. The highest BCUT2D eigenvalue weighted by Gasteiger charge is 2.22. The van der Waals surface area contributed by atoms with Gasteiger partial charge >= 0.3 is 0 Å². The SMILES string of the molecule is Cc1sc(C)c(/C(C#N)=C(/C#N)c2c(C)sc(C)c2C)c1C. The van der Waals surface area contributed by atoms with Gasteiger partial charge in [-0.3, -0.25) is 0 Å². The van der Waals surface area contributed by atoms with Crippen LogP contribution < -0.4 is 0 Å². The van der Waals surface area contributed by atoms with Crippen LogP contribution in [0.25, 0.3) is 11.1 Å². The first-order valence-electron chi connectivity index (χ1n) is 7.01. The van der Waals surface area contributed by atoms with Crippen LogP contribution in [0.2, 0.25) is 0 Å². The van der Waals surface area contributed by atoms with Gasteiger partial charge in [0.15, 0.2) is 0 Å². The lowest BCUT2D eigenvalue weighted by atomic mass is 9.92. The number of aryl methyl sites for hydroxylation is 4. The second kappa shape index (κ2) is 6.08. The molecule has 0 unspecified atom stereocenters. The molecule has 2 rings (SSSR count). The van der Waals surface area contributed by atoms with Crippen LogP contribution in [0.5, 0.6) is 0 Å². The third-order valence-electron chi connectivity index (χ3n) is 4.10. The minimum absolute atomic E-state index is 0.505. The zero-order valence-corrected chi connectivity index (χ0v) is 15.3. The van der Waals surface area contributed by atoms with Gasteiger partial charge in [0.1, 0.15) is 12.1 Å². The lowest BCUT2D eigenvalue weighted by Gasteiger charge is -2.07. The first-order valence-corrected chi connectivity index (χ1v) is 8.65. The van der Waals surface area contributed by atoms with Crippen molar-refractivity contribution in [1.82, 2.24) is 0 Å². The van der Waals surface area contributed by atoms with Gasteiger partial charge in [0.2, 0.25) is 0 Å². The molecule has 4 heteroatoms. The van der Waals surface area contributed by atoms with Crippen LogP contribution >= 0.6 is 22.7 Å². The molecule has 2 heterocycles. The zero-order valence-electron chi connectivity index (χ0n) is 13.7. The van der Waals surface area contributed by atoms with Crippen LogP contribution in [0.4, 0.5) is 0 Å². The number of allylic oxidation sites excluding steroid dienone is 2. The molecule has 0 N–H and O–H groups in total. The Balaban J connectivity index is 2.87. The Morgan fingerprint density at radius 3 is 1.14 bits per heavy atom. The number of nitriles is 2. The number of hydrogen-bond acceptors (Lipinski definition) is 4. The van der Waals surface area contributed by atoms with Crippen molar-refractivity contribution < 1.29 is 0 Å². The molecule has 2 nitrogen and oxygen atoms in total. The van der Waals surface area contributed by atoms with Gasteiger partial charge in [-0.1, -0.05) is 0 Å². The van der Waals surface area contributed by atoms with E-state index in [0.717, 1.165) is 32.0 Å². The summed E-state index contributed by atoms with van der Waals surface area (Å²) >= 11 is 3.37. The average Bonchev–Trinajstić information content (AvgIpc) is 2.86. The van der Waals surface area contributed by atoms with Gasteiger partial charge in [0.05, 0.1) is 11.1 Å². The van der Waals surface area contributed by atoms with E-state index in [1.54, 1.807) is 22.7 Å². The highest BCUT2D eigenvalue weighted by atomic mass is 32.1. The largest absolute Gasteiger partial charge is 0.192 e. The lowest BCUT2D eigenvalue weighted by Crippen LogP contribution is -1.94. The summed E-state index contributed by atoms with van der Waals surface area (Å²) in [6.45, 7) is 12.2. The maximum absolute atomic E-state index is 9.74. The predicted octanol–water partition coefficient (Wildman–Crippen LogP) is 5.62. The van der Waals surface area contributed by atoms with Crippen molar-refractivity contribution in [2.24, 2.45) is 0 Å². The number of hydrogen-bond donors (Lipinski definition) is 0. The number of nitrogens with zero attached hydrogens (tertiary/aromatic N) is 2. The molecule has 0 aromatic carbocycles. The molecule has 0 fully saturated rings. The van der Waals surface area contributed by atoms with Crippen LogP contribution in [-0.2, 0) is 0 Å². The molecule has 0 amide bonds. The Kier molecular flexibility index (Phi) is 4.56. The lowest BCUT2D eigenvalue weighted by molar-refractivity contribution is 1.37. The third-order valence-corrected chi connectivity index (χ3v) is 6.34. The standard InChI is InChI=1S/C18H18N2S2/c1-9-11(3)21-13(5)17(9)15(7-19)16(8-20)18-10(2)12(4)22-14(18)6/h1-6H3/b16-15-. The van der Waals surface area contributed by atoms with Crippen molar-refractivity contribution in [3.63, 3.8) is 0 Å². The van der Waals surface area contributed by atoms with Gasteiger partial charge < -0.3 is 0 Å². The molecule has 0 atom stereocenters. The Hall–Kier alpha value is -1.88. The van der Waals surface area contributed by atoms with Crippen LogP contribution in [0.1, 0.15) is 41.8 Å². The number of rotatable bonds is 2. The molecule has 0 saturated heterocycles. The first-order chi connectivity index (χ1) is 10.3. The van der Waals surface area contributed by atoms with Crippen LogP contribution in [0.3, 0.4) is 0 Å². The smallest absolute Gasteiger partial charge is 0.101 e. The van der Waals surface area contributed by atoms with Crippen molar-refractivity contribution >= 4 is 33.8 Å². The molecule has 22 heavy (non-hydrogen) atoms. The Morgan fingerprint density at radius 1 is 0.636 bits per heavy atom. The van der Waals surface area contributed by atoms with Crippen molar-refractivity contribution in [3.05, 3.63) is 41.8 Å². The Labute approximate surface area is 140 Å². The van der Waals surface area contributed by atoms with E-state index >= 15 is 0 Å². The molecule has 0 saturated carbocycles. The summed E-state index contributed by atoms with van der Waals surface area (Å²) in [6, 6.07) is 4.59.